The van der Waals surface area contributed by atoms with Gasteiger partial charge in [0.1, 0.15) is 36.3 Å². The van der Waals surface area contributed by atoms with Crippen molar-refractivity contribution in [3.8, 4) is 0 Å². The molecular weight excluding hydrogens is 694 g/mol. The van der Waals surface area contributed by atoms with Crippen molar-refractivity contribution >= 4 is 5.78 Å². The van der Waals surface area contributed by atoms with Gasteiger partial charge in [-0.3, -0.25) is 4.79 Å². The molecule has 0 radical (unpaired) electrons. The van der Waals surface area contributed by atoms with Crippen LogP contribution in [0.25, 0.3) is 0 Å². The number of Topliss-reactive ketones (excluding diaryl/α,β-unsaturated/α-hetero) is 1. The Hall–Kier alpha value is -1.29. The van der Waals surface area contributed by atoms with E-state index in [1.807, 2.05) is 0 Å². The summed E-state index contributed by atoms with van der Waals surface area (Å²) in [5, 5.41) is 3.45. The molecule has 11 aliphatic heterocycles. The van der Waals surface area contributed by atoms with Crippen molar-refractivity contribution in [1.82, 2.24) is 5.32 Å². The molecule has 0 amide bonds. The molecule has 54 heavy (non-hydrogen) atoms. The van der Waals surface area contributed by atoms with E-state index in [1.54, 1.807) is 7.11 Å². The highest BCUT2D eigenvalue weighted by molar-refractivity contribution is 5.79. The van der Waals surface area contributed by atoms with Gasteiger partial charge in [-0.05, 0) is 62.0 Å². The Labute approximate surface area is 319 Å². The second-order valence-electron chi connectivity index (χ2n) is 18.2. The van der Waals surface area contributed by atoms with Crippen LogP contribution in [0.1, 0.15) is 90.4 Å². The number of morpholine rings is 1. The molecule has 11 saturated heterocycles. The van der Waals surface area contributed by atoms with Crippen LogP contribution in [0.4, 0.5) is 0 Å². The predicted octanol–water partition coefficient (Wildman–Crippen LogP) is 4.11. The largest absolute Gasteiger partial charge is 0.378 e. The molecule has 1 unspecified atom stereocenters. The lowest BCUT2D eigenvalue weighted by Gasteiger charge is -2.47. The molecule has 0 aromatic rings. The molecule has 300 valence electrons. The zero-order chi connectivity index (χ0) is 36.7. The summed E-state index contributed by atoms with van der Waals surface area (Å²) in [6, 6.07) is 0. The Morgan fingerprint density at radius 2 is 1.57 bits per heavy atom. The lowest BCUT2D eigenvalue weighted by molar-refractivity contribution is -0.292. The molecule has 0 aliphatic carbocycles. The van der Waals surface area contributed by atoms with E-state index in [2.05, 4.69) is 25.4 Å². The van der Waals surface area contributed by atoms with Gasteiger partial charge in [-0.25, -0.2) is 0 Å². The first-order chi connectivity index (χ1) is 26.2. The monoisotopic (exact) mass is 755 g/mol. The van der Waals surface area contributed by atoms with Crippen molar-refractivity contribution in [1.29, 1.82) is 0 Å². The van der Waals surface area contributed by atoms with Crippen LogP contribution >= 0.6 is 0 Å². The van der Waals surface area contributed by atoms with Crippen LogP contribution in [0.5, 0.6) is 0 Å². The van der Waals surface area contributed by atoms with Crippen LogP contribution < -0.4 is 5.32 Å². The number of carbonyl (C=O) groups is 1. The molecule has 1 spiro atoms. The summed E-state index contributed by atoms with van der Waals surface area (Å²) in [4.78, 5) is 14.2. The molecule has 11 aliphatic rings. The van der Waals surface area contributed by atoms with Crippen molar-refractivity contribution in [2.75, 3.05) is 26.8 Å². The molecule has 0 aromatic heterocycles. The minimum atomic E-state index is -0.765. The predicted molar refractivity (Wildman–Crippen MR) is 194 cm³/mol. The number of ether oxygens (including phenoxy) is 10. The SMILES string of the molecule is C=C1C[C@@H]2CC[C@@]34C[C@H]5OC6[C@@H](O[C@H]7CC[C@H](CC(=O)C[C@@H]8[C@@H](OC)[C@@H](C[C@H]9CNCCO9)O[C@H]8C[C@H]8O[C@@H](CC[C@@H]1O2)C[C@@H](C)C8=C)O[C@@H]7[C@@H]6O3)[C@H]5O4. The van der Waals surface area contributed by atoms with Gasteiger partial charge in [0.25, 0.3) is 0 Å². The molecule has 0 saturated carbocycles. The highest BCUT2D eigenvalue weighted by Gasteiger charge is 2.68. The quantitative estimate of drug-likeness (QED) is 0.418. The van der Waals surface area contributed by atoms with Crippen molar-refractivity contribution in [3.05, 3.63) is 24.3 Å². The fourth-order valence-corrected chi connectivity index (χ4v) is 11.9. The fraction of sp³-hybridized carbons (Fsp3) is 0.881. The van der Waals surface area contributed by atoms with Gasteiger partial charge >= 0.3 is 0 Å². The second kappa shape index (κ2) is 14.8. The van der Waals surface area contributed by atoms with Crippen LogP contribution in [0, 0.1) is 11.8 Å². The molecule has 11 rings (SSSR count). The normalized spacial score (nSPS) is 53.3. The minimum absolute atomic E-state index is 0.00509. The van der Waals surface area contributed by atoms with Crippen molar-refractivity contribution in [2.24, 2.45) is 11.8 Å². The first-order valence-corrected chi connectivity index (χ1v) is 21.2. The molecular formula is C42H61NO11. The number of methoxy groups -OCH3 is 1. The van der Waals surface area contributed by atoms with Gasteiger partial charge in [-0.1, -0.05) is 20.1 Å². The summed E-state index contributed by atoms with van der Waals surface area (Å²) >= 11 is 0. The van der Waals surface area contributed by atoms with Gasteiger partial charge in [0.2, 0.25) is 0 Å². The smallest absolute Gasteiger partial charge is 0.172 e. The van der Waals surface area contributed by atoms with E-state index in [9.17, 15) is 4.79 Å². The number of fused-ring (bicyclic) bond motifs is 6. The molecule has 11 heterocycles. The van der Waals surface area contributed by atoms with Gasteiger partial charge in [0.05, 0.1) is 73.8 Å². The number of hydrogen-bond donors (Lipinski definition) is 1. The molecule has 19 atom stereocenters. The lowest BCUT2D eigenvalue weighted by Crippen LogP contribution is -2.61. The minimum Gasteiger partial charge on any atom is -0.378 e. The molecule has 1 N–H and O–H groups in total. The Morgan fingerprint density at radius 1 is 0.778 bits per heavy atom. The maximum absolute atomic E-state index is 14.2. The van der Waals surface area contributed by atoms with Crippen LogP contribution in [-0.2, 0) is 52.2 Å². The van der Waals surface area contributed by atoms with E-state index >= 15 is 0 Å². The van der Waals surface area contributed by atoms with Crippen LogP contribution in [0.3, 0.4) is 0 Å². The van der Waals surface area contributed by atoms with Crippen molar-refractivity contribution in [2.45, 2.75) is 194 Å². The number of nitrogens with one attached hydrogen (secondary N) is 1. The Balaban J connectivity index is 0.925. The number of hydrogen-bond acceptors (Lipinski definition) is 12. The highest BCUT2D eigenvalue weighted by Crippen LogP contribution is 2.54. The van der Waals surface area contributed by atoms with E-state index in [1.165, 1.54) is 0 Å². The van der Waals surface area contributed by atoms with Crippen LogP contribution in [-0.4, -0.2) is 136 Å². The fourth-order valence-electron chi connectivity index (χ4n) is 11.9. The molecule has 12 bridgehead atoms. The average Bonchev–Trinajstić information content (AvgIpc) is 3.83. The van der Waals surface area contributed by atoms with E-state index in [0.717, 1.165) is 69.2 Å². The number of rotatable bonds is 3. The average molecular weight is 756 g/mol. The Morgan fingerprint density at radius 3 is 2.43 bits per heavy atom. The van der Waals surface area contributed by atoms with Crippen LogP contribution in [0.15, 0.2) is 24.3 Å². The molecule has 11 fully saturated rings. The van der Waals surface area contributed by atoms with Crippen molar-refractivity contribution in [3.63, 3.8) is 0 Å². The van der Waals surface area contributed by atoms with Gasteiger partial charge in [-0.2, -0.15) is 0 Å². The van der Waals surface area contributed by atoms with Gasteiger partial charge in [0, 0.05) is 64.6 Å². The molecule has 12 nitrogen and oxygen atoms in total. The van der Waals surface area contributed by atoms with E-state index in [-0.39, 0.29) is 109 Å². The molecule has 12 heteroatoms. The Kier molecular flexibility index (Phi) is 10.2. The standard InChI is InChI=1S/C42H61NO11/c1-21-13-25-5-7-30-22(2)14-27(47-30)9-10-42-19-35-38(53-42)39-40(52-35)41(54-42)37-31(51-39)8-6-26(49-37)15-24(44)16-29-33(18-32(48-25)23(21)3)50-34(36(29)45-4)17-28-20-43-11-12-46-28/h21,25-41,43H,2-3,5-20H2,1,4H3/t21-,25+,26-,27+,28+,29+,30+,31+,32-,33+,34-,35-,36-,37+,38+,39+,40?,41+,42+/m1/s1. The number of ketones is 1. The Bertz CT molecular complexity index is 1440. The number of carbonyl (C=O) groups excluding carboxylic acids is 1. The highest BCUT2D eigenvalue weighted by atomic mass is 16.8. The topological polar surface area (TPSA) is 121 Å². The van der Waals surface area contributed by atoms with Gasteiger partial charge in [-0.15, -0.1) is 0 Å². The van der Waals surface area contributed by atoms with Crippen molar-refractivity contribution < 1.29 is 52.2 Å². The third-order valence-corrected chi connectivity index (χ3v) is 14.7. The third-order valence-electron chi connectivity index (χ3n) is 14.7. The third kappa shape index (κ3) is 6.80. The summed E-state index contributed by atoms with van der Waals surface area (Å²) in [5.74, 6) is -0.414. The molecule has 0 aromatic carbocycles. The van der Waals surface area contributed by atoms with E-state index < -0.39 is 5.79 Å². The lowest BCUT2D eigenvalue weighted by atomic mass is 9.81. The van der Waals surface area contributed by atoms with Gasteiger partial charge < -0.3 is 52.7 Å². The second-order valence-corrected chi connectivity index (χ2v) is 18.2. The van der Waals surface area contributed by atoms with Gasteiger partial charge in [0.15, 0.2) is 5.79 Å². The zero-order valence-corrected chi connectivity index (χ0v) is 32.1. The summed E-state index contributed by atoms with van der Waals surface area (Å²) in [6.45, 7) is 13.6. The summed E-state index contributed by atoms with van der Waals surface area (Å²) < 4.78 is 66.8. The summed E-state index contributed by atoms with van der Waals surface area (Å²) in [7, 11) is 1.75. The van der Waals surface area contributed by atoms with Crippen LogP contribution in [0.2, 0.25) is 0 Å². The maximum Gasteiger partial charge on any atom is 0.172 e. The first-order valence-electron chi connectivity index (χ1n) is 21.2. The van der Waals surface area contributed by atoms with E-state index in [0.29, 0.717) is 51.0 Å². The summed E-state index contributed by atoms with van der Waals surface area (Å²) in [5.41, 5.74) is 2.27. The van der Waals surface area contributed by atoms with E-state index in [4.69, 9.17) is 47.4 Å². The first kappa shape index (κ1) is 37.0. The zero-order valence-electron chi connectivity index (χ0n) is 32.1. The maximum atomic E-state index is 14.2. The summed E-state index contributed by atoms with van der Waals surface area (Å²) in [6.07, 6.45) is 7.11.